The zero-order chi connectivity index (χ0) is 14.8. The van der Waals surface area contributed by atoms with Crippen LogP contribution in [-0.2, 0) is 19.1 Å². The lowest BCUT2D eigenvalue weighted by Gasteiger charge is -2.19. The molecular formula is C14H23NO4. The minimum atomic E-state index is -0.434. The first-order chi connectivity index (χ1) is 8.90. The Kier molecular flexibility index (Phi) is 8.49. The molecule has 0 saturated heterocycles. The van der Waals surface area contributed by atoms with Crippen LogP contribution in [0.15, 0.2) is 12.2 Å². The Morgan fingerprint density at radius 2 is 1.74 bits per heavy atom. The van der Waals surface area contributed by atoms with Crippen molar-refractivity contribution in [2.45, 2.75) is 40.0 Å². The van der Waals surface area contributed by atoms with Gasteiger partial charge in [-0.25, -0.2) is 4.79 Å². The molecule has 5 heteroatoms. The molecule has 0 saturated carbocycles. The first kappa shape index (κ1) is 17.4. The van der Waals surface area contributed by atoms with Gasteiger partial charge in [-0.15, -0.1) is 0 Å². The number of carbonyl (C=O) groups excluding carboxylic acids is 3. The molecule has 0 unspecified atom stereocenters. The Morgan fingerprint density at radius 3 is 2.21 bits per heavy atom. The number of Topliss-reactive ketones (excluding diaryl/α,β-unsaturated/α-hetero) is 1. The molecule has 0 rings (SSSR count). The SMILES string of the molecule is C=C(C)C(=O)OCCCCCN(CC)C(=O)C(C)=O. The zero-order valence-corrected chi connectivity index (χ0v) is 12.0. The Morgan fingerprint density at radius 1 is 1.11 bits per heavy atom. The van der Waals surface area contributed by atoms with Crippen LogP contribution >= 0.6 is 0 Å². The van der Waals surface area contributed by atoms with Crippen LogP contribution in [0.5, 0.6) is 0 Å². The van der Waals surface area contributed by atoms with E-state index < -0.39 is 11.7 Å². The van der Waals surface area contributed by atoms with Crippen LogP contribution in [-0.4, -0.2) is 42.3 Å². The van der Waals surface area contributed by atoms with Crippen molar-refractivity contribution in [3.05, 3.63) is 12.2 Å². The van der Waals surface area contributed by atoms with E-state index in [2.05, 4.69) is 6.58 Å². The fourth-order valence-corrected chi connectivity index (χ4v) is 1.50. The van der Waals surface area contributed by atoms with Gasteiger partial charge in [0, 0.05) is 25.6 Å². The van der Waals surface area contributed by atoms with Crippen LogP contribution in [0.1, 0.15) is 40.0 Å². The molecule has 0 fully saturated rings. The summed E-state index contributed by atoms with van der Waals surface area (Å²) in [5.41, 5.74) is 0.393. The summed E-state index contributed by atoms with van der Waals surface area (Å²) in [5.74, 6) is -1.24. The monoisotopic (exact) mass is 269 g/mol. The summed E-state index contributed by atoms with van der Waals surface area (Å²) >= 11 is 0. The molecule has 5 nitrogen and oxygen atoms in total. The van der Waals surface area contributed by atoms with Gasteiger partial charge < -0.3 is 9.64 Å². The maximum absolute atomic E-state index is 11.5. The van der Waals surface area contributed by atoms with Gasteiger partial charge in [0.15, 0.2) is 0 Å². The molecule has 0 radical (unpaired) electrons. The van der Waals surface area contributed by atoms with Crippen molar-refractivity contribution < 1.29 is 19.1 Å². The Hall–Kier alpha value is -1.65. The smallest absolute Gasteiger partial charge is 0.333 e. The number of carbonyl (C=O) groups is 3. The maximum Gasteiger partial charge on any atom is 0.333 e. The minimum absolute atomic E-state index is 0.360. The van der Waals surface area contributed by atoms with E-state index in [-0.39, 0.29) is 5.97 Å². The van der Waals surface area contributed by atoms with Gasteiger partial charge in [0.1, 0.15) is 0 Å². The fraction of sp³-hybridized carbons (Fsp3) is 0.643. The number of likely N-dealkylation sites (N-methyl/N-ethyl adjacent to an activating group) is 1. The van der Waals surface area contributed by atoms with E-state index >= 15 is 0 Å². The third kappa shape index (κ3) is 7.39. The van der Waals surface area contributed by atoms with Gasteiger partial charge in [0.2, 0.25) is 5.78 Å². The number of ketones is 1. The maximum atomic E-state index is 11.5. The van der Waals surface area contributed by atoms with Crippen LogP contribution in [0, 0.1) is 0 Å². The molecule has 0 aliphatic rings. The summed E-state index contributed by atoms with van der Waals surface area (Å²) in [6.07, 6.45) is 2.37. The summed E-state index contributed by atoms with van der Waals surface area (Å²) in [7, 11) is 0. The standard InChI is InChI=1S/C14H23NO4/c1-5-15(13(17)12(4)16)9-7-6-8-10-19-14(18)11(2)3/h2,5-10H2,1,3-4H3. The van der Waals surface area contributed by atoms with Gasteiger partial charge >= 0.3 is 5.97 Å². The van der Waals surface area contributed by atoms with Crippen molar-refractivity contribution in [1.29, 1.82) is 0 Å². The summed E-state index contributed by atoms with van der Waals surface area (Å²) in [5, 5.41) is 0. The predicted octanol–water partition coefficient (Wildman–Crippen LogP) is 1.71. The second-order valence-electron chi connectivity index (χ2n) is 4.42. The zero-order valence-electron chi connectivity index (χ0n) is 12.0. The largest absolute Gasteiger partial charge is 0.462 e. The van der Waals surface area contributed by atoms with E-state index in [0.717, 1.165) is 19.3 Å². The molecule has 0 aromatic carbocycles. The van der Waals surface area contributed by atoms with Gasteiger partial charge in [-0.3, -0.25) is 9.59 Å². The number of hydrogen-bond donors (Lipinski definition) is 0. The van der Waals surface area contributed by atoms with Crippen LogP contribution in [0.3, 0.4) is 0 Å². The van der Waals surface area contributed by atoms with Gasteiger partial charge in [0.25, 0.3) is 5.91 Å². The topological polar surface area (TPSA) is 63.7 Å². The van der Waals surface area contributed by atoms with E-state index in [0.29, 0.717) is 25.3 Å². The Labute approximate surface area is 114 Å². The van der Waals surface area contributed by atoms with Crippen LogP contribution in [0.2, 0.25) is 0 Å². The average molecular weight is 269 g/mol. The number of unbranched alkanes of at least 4 members (excludes halogenated alkanes) is 2. The van der Waals surface area contributed by atoms with Crippen molar-refractivity contribution in [3.63, 3.8) is 0 Å². The van der Waals surface area contributed by atoms with Crippen molar-refractivity contribution in [1.82, 2.24) is 4.90 Å². The average Bonchev–Trinajstić information content (AvgIpc) is 2.36. The molecular weight excluding hydrogens is 246 g/mol. The Bertz CT molecular complexity index is 349. The molecule has 0 bridgehead atoms. The lowest BCUT2D eigenvalue weighted by molar-refractivity contribution is -0.143. The van der Waals surface area contributed by atoms with E-state index in [4.69, 9.17) is 4.74 Å². The highest BCUT2D eigenvalue weighted by atomic mass is 16.5. The molecule has 0 aromatic rings. The molecule has 0 N–H and O–H groups in total. The van der Waals surface area contributed by atoms with Crippen molar-refractivity contribution in [2.75, 3.05) is 19.7 Å². The Balaban J connectivity index is 3.73. The third-order valence-corrected chi connectivity index (χ3v) is 2.62. The van der Waals surface area contributed by atoms with Crippen molar-refractivity contribution in [3.8, 4) is 0 Å². The van der Waals surface area contributed by atoms with E-state index in [9.17, 15) is 14.4 Å². The molecule has 0 aromatic heterocycles. The lowest BCUT2D eigenvalue weighted by Crippen LogP contribution is -2.35. The fourth-order valence-electron chi connectivity index (χ4n) is 1.50. The van der Waals surface area contributed by atoms with Crippen molar-refractivity contribution >= 4 is 17.7 Å². The quantitative estimate of drug-likeness (QED) is 0.277. The van der Waals surface area contributed by atoms with E-state index in [1.807, 2.05) is 6.92 Å². The third-order valence-electron chi connectivity index (χ3n) is 2.62. The number of hydrogen-bond acceptors (Lipinski definition) is 4. The summed E-state index contributed by atoms with van der Waals surface area (Å²) in [4.78, 5) is 35.0. The van der Waals surface area contributed by atoms with E-state index in [1.165, 1.54) is 11.8 Å². The second kappa shape index (κ2) is 9.30. The highest BCUT2D eigenvalue weighted by Gasteiger charge is 2.15. The molecule has 19 heavy (non-hydrogen) atoms. The van der Waals surface area contributed by atoms with Crippen LogP contribution < -0.4 is 0 Å². The minimum Gasteiger partial charge on any atom is -0.462 e. The molecule has 0 spiro atoms. The first-order valence-electron chi connectivity index (χ1n) is 6.52. The number of esters is 1. The van der Waals surface area contributed by atoms with Crippen molar-refractivity contribution in [2.24, 2.45) is 0 Å². The van der Waals surface area contributed by atoms with Crippen LogP contribution in [0.25, 0.3) is 0 Å². The molecule has 0 aliphatic carbocycles. The summed E-state index contributed by atoms with van der Waals surface area (Å²) < 4.78 is 4.95. The first-order valence-corrected chi connectivity index (χ1v) is 6.52. The number of amides is 1. The van der Waals surface area contributed by atoms with Crippen LogP contribution in [0.4, 0.5) is 0 Å². The predicted molar refractivity (Wildman–Crippen MR) is 72.6 cm³/mol. The number of nitrogens with zero attached hydrogens (tertiary/aromatic N) is 1. The number of ether oxygens (including phenoxy) is 1. The summed E-state index contributed by atoms with van der Waals surface area (Å²) in [6.45, 7) is 9.67. The van der Waals surface area contributed by atoms with E-state index in [1.54, 1.807) is 6.92 Å². The van der Waals surface area contributed by atoms with Gasteiger partial charge in [0.05, 0.1) is 6.61 Å². The molecule has 1 amide bonds. The molecule has 0 heterocycles. The highest BCUT2D eigenvalue weighted by molar-refractivity contribution is 6.35. The number of rotatable bonds is 9. The molecule has 108 valence electrons. The van der Waals surface area contributed by atoms with Gasteiger partial charge in [-0.1, -0.05) is 6.58 Å². The summed E-state index contributed by atoms with van der Waals surface area (Å²) in [6, 6.07) is 0. The highest BCUT2D eigenvalue weighted by Crippen LogP contribution is 2.02. The van der Waals surface area contributed by atoms with Gasteiger partial charge in [-0.2, -0.15) is 0 Å². The molecule has 0 atom stereocenters. The van der Waals surface area contributed by atoms with Gasteiger partial charge in [-0.05, 0) is 33.1 Å². The molecule has 0 aliphatic heterocycles. The normalized spacial score (nSPS) is 9.84. The lowest BCUT2D eigenvalue weighted by atomic mass is 10.2. The second-order valence-corrected chi connectivity index (χ2v) is 4.42.